The number of β-amino-alcohol motifs (C(OH)–C–C–N with tert-alkyl or cyclic N) is 1. The lowest BCUT2D eigenvalue weighted by atomic mass is 10.2. The lowest BCUT2D eigenvalue weighted by molar-refractivity contribution is -0.0539. The zero-order valence-electron chi connectivity index (χ0n) is 11.7. The molecule has 2 amide bonds. The Morgan fingerprint density at radius 2 is 1.96 bits per heavy atom. The van der Waals surface area contributed by atoms with Crippen molar-refractivity contribution in [3.8, 4) is 11.5 Å². The van der Waals surface area contributed by atoms with Gasteiger partial charge in [-0.3, -0.25) is 0 Å². The molecule has 23 heavy (non-hydrogen) atoms. The van der Waals surface area contributed by atoms with Gasteiger partial charge in [-0.2, -0.15) is 17.6 Å². The predicted molar refractivity (Wildman–Crippen MR) is 70.9 cm³/mol. The van der Waals surface area contributed by atoms with Gasteiger partial charge in [-0.05, 0) is 18.6 Å². The van der Waals surface area contributed by atoms with Gasteiger partial charge in [0.25, 0.3) is 0 Å². The number of nitrogens with zero attached hydrogens (tertiary/aromatic N) is 1. The number of likely N-dealkylation sites (tertiary alicyclic amines) is 1. The van der Waals surface area contributed by atoms with Crippen LogP contribution < -0.4 is 14.8 Å². The Morgan fingerprint density at radius 3 is 2.52 bits per heavy atom. The van der Waals surface area contributed by atoms with Crippen LogP contribution in [0.15, 0.2) is 18.2 Å². The summed E-state index contributed by atoms with van der Waals surface area (Å²) >= 11 is 0. The number of benzene rings is 1. The van der Waals surface area contributed by atoms with Crippen LogP contribution in [0.25, 0.3) is 0 Å². The van der Waals surface area contributed by atoms with Crippen LogP contribution in [0.5, 0.6) is 11.5 Å². The van der Waals surface area contributed by atoms with Crippen LogP contribution in [-0.4, -0.2) is 48.5 Å². The maximum Gasteiger partial charge on any atom is 0.387 e. The first kappa shape index (κ1) is 17.1. The van der Waals surface area contributed by atoms with Crippen molar-refractivity contribution in [1.29, 1.82) is 0 Å². The predicted octanol–water partition coefficient (Wildman–Crippen LogP) is 2.49. The summed E-state index contributed by atoms with van der Waals surface area (Å²) in [5.41, 5.74) is -0.127. The van der Waals surface area contributed by atoms with E-state index in [0.29, 0.717) is 13.0 Å². The molecule has 2 N–H and O–H groups in total. The van der Waals surface area contributed by atoms with E-state index in [1.165, 1.54) is 4.90 Å². The van der Waals surface area contributed by atoms with Crippen LogP contribution in [0.3, 0.4) is 0 Å². The lowest BCUT2D eigenvalue weighted by Crippen LogP contribution is -2.33. The smallest absolute Gasteiger partial charge is 0.387 e. The fourth-order valence-corrected chi connectivity index (χ4v) is 2.10. The standard InChI is InChI=1S/C13H14F4N2O4/c14-11(15)22-8-1-2-9(10(5-8)23-12(16)17)18-13(21)19-4-3-7(20)6-19/h1-2,5,7,11-12,20H,3-4,6H2,(H,18,21). The summed E-state index contributed by atoms with van der Waals surface area (Å²) in [7, 11) is 0. The number of hydrogen-bond donors (Lipinski definition) is 2. The lowest BCUT2D eigenvalue weighted by Gasteiger charge is -2.18. The molecule has 1 fully saturated rings. The van der Waals surface area contributed by atoms with Crippen molar-refractivity contribution in [2.75, 3.05) is 18.4 Å². The first-order valence-corrected chi connectivity index (χ1v) is 6.63. The van der Waals surface area contributed by atoms with E-state index in [4.69, 9.17) is 0 Å². The summed E-state index contributed by atoms with van der Waals surface area (Å²) in [4.78, 5) is 13.3. The molecule has 0 aromatic heterocycles. The van der Waals surface area contributed by atoms with E-state index >= 15 is 0 Å². The molecular weight excluding hydrogens is 324 g/mol. The monoisotopic (exact) mass is 338 g/mol. The van der Waals surface area contributed by atoms with Gasteiger partial charge in [0.05, 0.1) is 11.8 Å². The molecule has 0 saturated carbocycles. The van der Waals surface area contributed by atoms with Gasteiger partial charge in [-0.25, -0.2) is 4.79 Å². The number of anilines is 1. The summed E-state index contributed by atoms with van der Waals surface area (Å²) < 4.78 is 57.5. The van der Waals surface area contributed by atoms with Crippen LogP contribution in [0, 0.1) is 0 Å². The fraction of sp³-hybridized carbons (Fsp3) is 0.462. The zero-order valence-corrected chi connectivity index (χ0v) is 11.7. The normalized spacial score (nSPS) is 17.7. The van der Waals surface area contributed by atoms with Crippen molar-refractivity contribution in [2.24, 2.45) is 0 Å². The quantitative estimate of drug-likeness (QED) is 0.809. The van der Waals surface area contributed by atoms with Gasteiger partial charge >= 0.3 is 19.3 Å². The zero-order chi connectivity index (χ0) is 17.0. The molecule has 1 aliphatic rings. The van der Waals surface area contributed by atoms with Crippen molar-refractivity contribution >= 4 is 11.7 Å². The van der Waals surface area contributed by atoms with Gasteiger partial charge in [-0.15, -0.1) is 0 Å². The molecule has 1 aromatic rings. The molecule has 1 atom stereocenters. The molecule has 0 radical (unpaired) electrons. The van der Waals surface area contributed by atoms with E-state index < -0.39 is 31.1 Å². The Morgan fingerprint density at radius 1 is 1.26 bits per heavy atom. The summed E-state index contributed by atoms with van der Waals surface area (Å²) in [6, 6.07) is 2.40. The van der Waals surface area contributed by atoms with Gasteiger partial charge in [0.1, 0.15) is 5.75 Å². The highest BCUT2D eigenvalue weighted by atomic mass is 19.3. The number of carbonyl (C=O) groups is 1. The number of ether oxygens (including phenoxy) is 2. The number of amides is 2. The number of alkyl halides is 4. The molecule has 10 heteroatoms. The number of carbonyl (C=O) groups excluding carboxylic acids is 1. The van der Waals surface area contributed by atoms with Crippen molar-refractivity contribution in [3.05, 3.63) is 18.2 Å². The highest BCUT2D eigenvalue weighted by Crippen LogP contribution is 2.32. The Bertz CT molecular complexity index is 559. The minimum absolute atomic E-state index is 0.115. The molecule has 1 aliphatic heterocycles. The summed E-state index contributed by atoms with van der Waals surface area (Å²) in [5, 5.41) is 11.7. The molecule has 1 heterocycles. The van der Waals surface area contributed by atoms with Crippen molar-refractivity contribution in [2.45, 2.75) is 25.7 Å². The van der Waals surface area contributed by atoms with Crippen LogP contribution in [0.2, 0.25) is 0 Å². The third-order valence-corrected chi connectivity index (χ3v) is 3.09. The van der Waals surface area contributed by atoms with Crippen LogP contribution in [0.1, 0.15) is 6.42 Å². The van der Waals surface area contributed by atoms with Crippen LogP contribution in [0.4, 0.5) is 28.0 Å². The average molecular weight is 338 g/mol. The van der Waals surface area contributed by atoms with Gasteiger partial charge in [0.15, 0.2) is 5.75 Å². The molecule has 0 aliphatic carbocycles. The minimum atomic E-state index is -3.21. The Kier molecular flexibility index (Phi) is 5.48. The second-order valence-electron chi connectivity index (χ2n) is 4.73. The SMILES string of the molecule is O=C(Nc1ccc(OC(F)F)cc1OC(F)F)N1CCC(O)C1. The number of aliphatic hydroxyl groups excluding tert-OH is 1. The number of halogens is 4. The molecule has 1 saturated heterocycles. The van der Waals surface area contributed by atoms with Gasteiger partial charge in [0.2, 0.25) is 0 Å². The maximum atomic E-state index is 12.4. The van der Waals surface area contributed by atoms with Gasteiger partial charge in [-0.1, -0.05) is 0 Å². The number of rotatable bonds is 5. The van der Waals surface area contributed by atoms with Crippen LogP contribution in [-0.2, 0) is 0 Å². The third kappa shape index (κ3) is 4.88. The molecule has 1 aromatic carbocycles. The molecular formula is C13H14F4N2O4. The average Bonchev–Trinajstić information content (AvgIpc) is 2.87. The number of urea groups is 1. The second kappa shape index (κ2) is 7.36. The highest BCUT2D eigenvalue weighted by molar-refractivity contribution is 5.91. The largest absolute Gasteiger partial charge is 0.435 e. The van der Waals surface area contributed by atoms with E-state index in [0.717, 1.165) is 18.2 Å². The van der Waals surface area contributed by atoms with Crippen molar-refractivity contribution in [3.63, 3.8) is 0 Å². The van der Waals surface area contributed by atoms with E-state index in [2.05, 4.69) is 14.8 Å². The van der Waals surface area contributed by atoms with E-state index in [1.807, 2.05) is 0 Å². The maximum absolute atomic E-state index is 12.4. The first-order valence-electron chi connectivity index (χ1n) is 6.63. The highest BCUT2D eigenvalue weighted by Gasteiger charge is 2.25. The van der Waals surface area contributed by atoms with E-state index in [1.54, 1.807) is 0 Å². The van der Waals surface area contributed by atoms with Gasteiger partial charge < -0.3 is 24.8 Å². The molecule has 2 rings (SSSR count). The number of aliphatic hydroxyl groups is 1. The summed E-state index contributed by atoms with van der Waals surface area (Å²) in [5.74, 6) is -0.892. The number of hydrogen-bond acceptors (Lipinski definition) is 4. The van der Waals surface area contributed by atoms with Crippen LogP contribution >= 0.6 is 0 Å². The second-order valence-corrected chi connectivity index (χ2v) is 4.73. The van der Waals surface area contributed by atoms with Crippen molar-refractivity contribution in [1.82, 2.24) is 4.90 Å². The Balaban J connectivity index is 2.14. The van der Waals surface area contributed by atoms with E-state index in [9.17, 15) is 27.5 Å². The molecule has 1 unspecified atom stereocenters. The topological polar surface area (TPSA) is 71.0 Å². The molecule has 6 nitrogen and oxygen atoms in total. The molecule has 0 bridgehead atoms. The first-order chi connectivity index (χ1) is 10.8. The van der Waals surface area contributed by atoms with Crippen molar-refractivity contribution < 1.29 is 36.9 Å². The van der Waals surface area contributed by atoms with E-state index in [-0.39, 0.29) is 18.0 Å². The van der Waals surface area contributed by atoms with Gasteiger partial charge in [0, 0.05) is 19.2 Å². The third-order valence-electron chi connectivity index (χ3n) is 3.09. The molecule has 128 valence electrons. The number of nitrogens with one attached hydrogen (secondary N) is 1. The Hall–Kier alpha value is -2.23. The minimum Gasteiger partial charge on any atom is -0.435 e. The summed E-state index contributed by atoms with van der Waals surface area (Å²) in [6.45, 7) is -5.91. The fourth-order valence-electron chi connectivity index (χ4n) is 2.10. The summed E-state index contributed by atoms with van der Waals surface area (Å²) in [6.07, 6.45) is -0.228. The molecule has 0 spiro atoms. The Labute approximate surface area is 128 Å².